The first kappa shape index (κ1) is 14.4. The van der Waals surface area contributed by atoms with E-state index in [2.05, 4.69) is 5.10 Å². The molecule has 1 aromatic carbocycles. The van der Waals surface area contributed by atoms with Crippen molar-refractivity contribution >= 4 is 33.0 Å². The highest BCUT2D eigenvalue weighted by molar-refractivity contribution is 8.15. The largest absolute Gasteiger partial charge is 0.497 e. The van der Waals surface area contributed by atoms with Crippen molar-refractivity contribution in [2.75, 3.05) is 18.6 Å². The summed E-state index contributed by atoms with van der Waals surface area (Å²) in [6.45, 7) is 0. The summed E-state index contributed by atoms with van der Waals surface area (Å²) in [6, 6.07) is 7.15. The molecule has 2 aliphatic rings. The molecule has 112 valence electrons. The fourth-order valence-electron chi connectivity index (χ4n) is 2.44. The van der Waals surface area contributed by atoms with E-state index in [0.29, 0.717) is 5.17 Å². The number of methoxy groups -OCH3 is 1. The zero-order valence-corrected chi connectivity index (χ0v) is 13.0. The molecule has 21 heavy (non-hydrogen) atoms. The Morgan fingerprint density at radius 2 is 2.10 bits per heavy atom. The van der Waals surface area contributed by atoms with Crippen molar-refractivity contribution in [3.05, 3.63) is 29.8 Å². The molecule has 6 nitrogen and oxygen atoms in total. The number of nitrogens with one attached hydrogen (secondary N) is 1. The Kier molecular flexibility index (Phi) is 3.66. The van der Waals surface area contributed by atoms with Gasteiger partial charge in [0.15, 0.2) is 15.0 Å². The highest BCUT2D eigenvalue weighted by Crippen LogP contribution is 2.37. The minimum atomic E-state index is -3.00. The third-order valence-electron chi connectivity index (χ3n) is 3.50. The van der Waals surface area contributed by atoms with Gasteiger partial charge in [-0.25, -0.2) is 13.4 Å². The van der Waals surface area contributed by atoms with E-state index in [1.54, 1.807) is 13.3 Å². The van der Waals surface area contributed by atoms with Gasteiger partial charge in [-0.15, -0.1) is 0 Å². The Bertz CT molecular complexity index is 685. The molecule has 2 atom stereocenters. The number of thioether (sulfide) groups is 1. The molecule has 1 aromatic rings. The monoisotopic (exact) mass is 325 g/mol. The number of amidine groups is 1. The molecule has 3 rings (SSSR count). The number of fused-ring (bicyclic) bond motifs is 1. The van der Waals surface area contributed by atoms with E-state index in [4.69, 9.17) is 10.1 Å². The Morgan fingerprint density at radius 1 is 1.38 bits per heavy atom. The average Bonchev–Trinajstić information content (AvgIpc) is 2.88. The van der Waals surface area contributed by atoms with Crippen molar-refractivity contribution in [2.24, 2.45) is 5.10 Å². The van der Waals surface area contributed by atoms with Crippen LogP contribution in [0.2, 0.25) is 0 Å². The molecule has 0 radical (unpaired) electrons. The first-order chi connectivity index (χ1) is 9.98. The minimum absolute atomic E-state index is 0.0736. The van der Waals surface area contributed by atoms with Crippen LogP contribution in [-0.4, -0.2) is 54.7 Å². The van der Waals surface area contributed by atoms with Gasteiger partial charge in [-0.2, -0.15) is 5.10 Å². The third-order valence-corrected chi connectivity index (χ3v) is 6.63. The molecule has 0 spiro atoms. The summed E-state index contributed by atoms with van der Waals surface area (Å²) in [5, 5.41) is 14.0. The second-order valence-corrected chi connectivity index (χ2v) is 8.35. The molecule has 2 fully saturated rings. The lowest BCUT2D eigenvalue weighted by Crippen LogP contribution is -2.32. The van der Waals surface area contributed by atoms with Crippen molar-refractivity contribution in [3.8, 4) is 5.75 Å². The van der Waals surface area contributed by atoms with Gasteiger partial charge in [-0.05, 0) is 29.8 Å². The van der Waals surface area contributed by atoms with E-state index < -0.39 is 9.84 Å². The SMILES string of the molecule is COc1ccc(C=NN2C(=N)SC3CS(=O)(=O)CC32)cc1. The fraction of sp³-hybridized carbons (Fsp3) is 0.385. The Labute approximate surface area is 127 Å². The van der Waals surface area contributed by atoms with Gasteiger partial charge >= 0.3 is 0 Å². The molecule has 2 unspecified atom stereocenters. The highest BCUT2D eigenvalue weighted by Gasteiger charge is 2.48. The van der Waals surface area contributed by atoms with Gasteiger partial charge in [-0.1, -0.05) is 11.8 Å². The number of hydrogen-bond donors (Lipinski definition) is 1. The molecular formula is C13H15N3O3S2. The summed E-state index contributed by atoms with van der Waals surface area (Å²) in [6.07, 6.45) is 1.64. The van der Waals surface area contributed by atoms with Gasteiger partial charge in [-0.3, -0.25) is 5.41 Å². The lowest BCUT2D eigenvalue weighted by Gasteiger charge is -2.17. The molecule has 0 saturated carbocycles. The smallest absolute Gasteiger partial charge is 0.177 e. The molecule has 2 aliphatic heterocycles. The van der Waals surface area contributed by atoms with Crippen LogP contribution in [0.3, 0.4) is 0 Å². The van der Waals surface area contributed by atoms with Crippen molar-refractivity contribution < 1.29 is 13.2 Å². The summed E-state index contributed by atoms with van der Waals surface area (Å²) in [4.78, 5) is 0. The predicted molar refractivity (Wildman–Crippen MR) is 84.0 cm³/mol. The minimum Gasteiger partial charge on any atom is -0.497 e. The highest BCUT2D eigenvalue weighted by atomic mass is 32.2. The van der Waals surface area contributed by atoms with Gasteiger partial charge in [0, 0.05) is 5.25 Å². The van der Waals surface area contributed by atoms with Gasteiger partial charge in [0.05, 0.1) is 30.9 Å². The van der Waals surface area contributed by atoms with Crippen molar-refractivity contribution in [3.63, 3.8) is 0 Å². The number of sulfone groups is 1. The maximum Gasteiger partial charge on any atom is 0.177 e. The Hall–Kier alpha value is -1.54. The molecule has 0 bridgehead atoms. The molecular weight excluding hydrogens is 310 g/mol. The molecule has 2 saturated heterocycles. The van der Waals surface area contributed by atoms with Crippen LogP contribution < -0.4 is 4.74 Å². The zero-order chi connectivity index (χ0) is 15.0. The topological polar surface area (TPSA) is 82.8 Å². The molecule has 0 aromatic heterocycles. The molecule has 2 heterocycles. The van der Waals surface area contributed by atoms with E-state index in [0.717, 1.165) is 11.3 Å². The predicted octanol–water partition coefficient (Wildman–Crippen LogP) is 1.18. The Balaban J connectivity index is 1.76. The number of ether oxygens (including phenoxy) is 1. The van der Waals surface area contributed by atoms with Crippen LogP contribution in [0.1, 0.15) is 5.56 Å². The van der Waals surface area contributed by atoms with E-state index in [1.165, 1.54) is 16.8 Å². The summed E-state index contributed by atoms with van der Waals surface area (Å²) in [5.74, 6) is 0.977. The van der Waals surface area contributed by atoms with E-state index in [-0.39, 0.29) is 22.8 Å². The van der Waals surface area contributed by atoms with Crippen LogP contribution in [0.4, 0.5) is 0 Å². The normalized spacial score (nSPS) is 27.3. The van der Waals surface area contributed by atoms with E-state index in [1.807, 2.05) is 24.3 Å². The first-order valence-electron chi connectivity index (χ1n) is 6.41. The van der Waals surface area contributed by atoms with Crippen LogP contribution in [0, 0.1) is 5.41 Å². The Morgan fingerprint density at radius 3 is 2.76 bits per heavy atom. The molecule has 1 N–H and O–H groups in total. The van der Waals surface area contributed by atoms with Crippen molar-refractivity contribution in [1.29, 1.82) is 5.41 Å². The maximum atomic E-state index is 11.7. The van der Waals surface area contributed by atoms with Crippen LogP contribution in [0.15, 0.2) is 29.4 Å². The maximum absolute atomic E-state index is 11.7. The van der Waals surface area contributed by atoms with Gasteiger partial charge < -0.3 is 4.74 Å². The number of rotatable bonds is 3. The number of nitrogens with zero attached hydrogens (tertiary/aromatic N) is 2. The van der Waals surface area contributed by atoms with Gasteiger partial charge in [0.1, 0.15) is 5.75 Å². The van der Waals surface area contributed by atoms with Crippen molar-refractivity contribution in [2.45, 2.75) is 11.3 Å². The average molecular weight is 325 g/mol. The number of benzene rings is 1. The summed E-state index contributed by atoms with van der Waals surface area (Å²) < 4.78 is 28.4. The summed E-state index contributed by atoms with van der Waals surface area (Å²) >= 11 is 1.28. The van der Waals surface area contributed by atoms with Crippen LogP contribution in [-0.2, 0) is 9.84 Å². The molecule has 0 aliphatic carbocycles. The number of hydrazone groups is 1. The molecule has 8 heteroatoms. The van der Waals surface area contributed by atoms with Crippen LogP contribution in [0.25, 0.3) is 0 Å². The first-order valence-corrected chi connectivity index (χ1v) is 9.11. The molecule has 0 amide bonds. The lowest BCUT2D eigenvalue weighted by molar-refractivity contribution is 0.376. The van der Waals surface area contributed by atoms with Crippen LogP contribution in [0.5, 0.6) is 5.75 Å². The summed E-state index contributed by atoms with van der Waals surface area (Å²) in [5.41, 5.74) is 0.873. The van der Waals surface area contributed by atoms with Gasteiger partial charge in [0.25, 0.3) is 0 Å². The van der Waals surface area contributed by atoms with Gasteiger partial charge in [0.2, 0.25) is 0 Å². The fourth-order valence-corrected chi connectivity index (χ4v) is 6.16. The second-order valence-electron chi connectivity index (χ2n) is 4.97. The van der Waals surface area contributed by atoms with E-state index in [9.17, 15) is 8.42 Å². The second kappa shape index (κ2) is 5.34. The summed E-state index contributed by atoms with van der Waals surface area (Å²) in [7, 11) is -1.40. The van der Waals surface area contributed by atoms with E-state index >= 15 is 0 Å². The quantitative estimate of drug-likeness (QED) is 0.844. The zero-order valence-electron chi connectivity index (χ0n) is 11.4. The standard InChI is InChI=1S/C13H15N3O3S2/c1-19-10-4-2-9(3-5-10)6-15-16-11-7-21(17,18)8-12(11)20-13(16)14/h2-6,11-12,14H,7-8H2,1H3. The van der Waals surface area contributed by atoms with Crippen molar-refractivity contribution in [1.82, 2.24) is 5.01 Å². The third kappa shape index (κ3) is 2.91. The number of hydrogen-bond acceptors (Lipinski definition) is 6. The van der Waals surface area contributed by atoms with Crippen LogP contribution >= 0.6 is 11.8 Å². The lowest BCUT2D eigenvalue weighted by atomic mass is 10.2.